The van der Waals surface area contributed by atoms with Crippen molar-refractivity contribution in [1.29, 1.82) is 0 Å². The summed E-state index contributed by atoms with van der Waals surface area (Å²) in [6, 6.07) is 0.415. The summed E-state index contributed by atoms with van der Waals surface area (Å²) in [5.41, 5.74) is 0.0904. The molecule has 0 amide bonds. The third-order valence-corrected chi connectivity index (χ3v) is 3.04. The highest BCUT2D eigenvalue weighted by Crippen LogP contribution is 2.22. The van der Waals surface area contributed by atoms with Gasteiger partial charge in [-0.05, 0) is 27.2 Å². The van der Waals surface area contributed by atoms with Crippen molar-refractivity contribution in [3.05, 3.63) is 0 Å². The summed E-state index contributed by atoms with van der Waals surface area (Å²) >= 11 is 0. The molecule has 0 aliphatic carbocycles. The molecule has 0 bridgehead atoms. The minimum absolute atomic E-state index is 0.0450. The Balaban J connectivity index is 0.00000121. The Hall–Kier alpha value is -0.150. The van der Waals surface area contributed by atoms with E-state index in [1.807, 2.05) is 13.8 Å². The standard InChI is InChI=1S/C12H25FN2.C2H6/c1-9(2)14-11-6-7-15(8-10(11)13)12(3,4)5;1-2/h9-11,14H,6-8H2,1-5H3;1-2H3. The molecule has 2 atom stereocenters. The molecule has 0 aromatic heterocycles. The highest BCUT2D eigenvalue weighted by molar-refractivity contribution is 4.90. The zero-order valence-corrected chi connectivity index (χ0v) is 12.7. The van der Waals surface area contributed by atoms with E-state index in [1.165, 1.54) is 0 Å². The molecule has 0 saturated carbocycles. The molecule has 1 heterocycles. The SMILES string of the molecule is CC.CC(C)NC1CCN(C(C)(C)C)CC1F. The monoisotopic (exact) mass is 246 g/mol. The zero-order chi connectivity index (χ0) is 13.6. The molecule has 2 nitrogen and oxygen atoms in total. The zero-order valence-electron chi connectivity index (χ0n) is 12.7. The summed E-state index contributed by atoms with van der Waals surface area (Å²) < 4.78 is 13.9. The second kappa shape index (κ2) is 7.32. The first-order valence-corrected chi connectivity index (χ1v) is 6.96. The van der Waals surface area contributed by atoms with Crippen LogP contribution in [-0.2, 0) is 0 Å². The molecule has 1 aliphatic rings. The van der Waals surface area contributed by atoms with Crippen LogP contribution in [0.15, 0.2) is 0 Å². The molecule has 0 radical (unpaired) electrons. The van der Waals surface area contributed by atoms with Crippen LogP contribution in [-0.4, -0.2) is 41.8 Å². The lowest BCUT2D eigenvalue weighted by atomic mass is 9.96. The molecule has 1 aliphatic heterocycles. The number of hydrogen-bond acceptors (Lipinski definition) is 2. The molecule has 1 rings (SSSR count). The first-order chi connectivity index (χ1) is 7.80. The van der Waals surface area contributed by atoms with E-state index in [-0.39, 0.29) is 11.6 Å². The topological polar surface area (TPSA) is 15.3 Å². The number of likely N-dealkylation sites (tertiary alicyclic amines) is 1. The van der Waals surface area contributed by atoms with Gasteiger partial charge in [-0.25, -0.2) is 4.39 Å². The van der Waals surface area contributed by atoms with Gasteiger partial charge in [0.15, 0.2) is 0 Å². The number of piperidine rings is 1. The number of hydrogen-bond donors (Lipinski definition) is 1. The molecule has 2 unspecified atom stereocenters. The van der Waals surface area contributed by atoms with Crippen LogP contribution in [0.3, 0.4) is 0 Å². The molecular weight excluding hydrogens is 215 g/mol. The van der Waals surface area contributed by atoms with Gasteiger partial charge < -0.3 is 5.32 Å². The van der Waals surface area contributed by atoms with Gasteiger partial charge in [0, 0.05) is 30.7 Å². The van der Waals surface area contributed by atoms with Crippen LogP contribution in [0.5, 0.6) is 0 Å². The Morgan fingerprint density at radius 2 is 1.76 bits per heavy atom. The Kier molecular flexibility index (Phi) is 7.26. The summed E-state index contributed by atoms with van der Waals surface area (Å²) in [5.74, 6) is 0. The quantitative estimate of drug-likeness (QED) is 0.805. The largest absolute Gasteiger partial charge is 0.309 e. The fourth-order valence-corrected chi connectivity index (χ4v) is 2.13. The van der Waals surface area contributed by atoms with E-state index in [1.54, 1.807) is 0 Å². The van der Waals surface area contributed by atoms with Crippen LogP contribution in [0.4, 0.5) is 4.39 Å². The third kappa shape index (κ3) is 5.82. The fourth-order valence-electron chi connectivity index (χ4n) is 2.13. The van der Waals surface area contributed by atoms with Crippen molar-refractivity contribution in [3.8, 4) is 0 Å². The van der Waals surface area contributed by atoms with Crippen molar-refractivity contribution in [2.24, 2.45) is 0 Å². The Morgan fingerprint density at radius 3 is 2.12 bits per heavy atom. The van der Waals surface area contributed by atoms with Crippen LogP contribution in [0, 0.1) is 0 Å². The second-order valence-corrected chi connectivity index (χ2v) is 5.85. The van der Waals surface area contributed by atoms with E-state index in [9.17, 15) is 4.39 Å². The van der Waals surface area contributed by atoms with Gasteiger partial charge in [-0.1, -0.05) is 27.7 Å². The predicted molar refractivity (Wildman–Crippen MR) is 74.2 cm³/mol. The van der Waals surface area contributed by atoms with Crippen molar-refractivity contribution in [2.75, 3.05) is 13.1 Å². The molecule has 0 aromatic carbocycles. The summed E-state index contributed by atoms with van der Waals surface area (Å²) in [7, 11) is 0. The Morgan fingerprint density at radius 1 is 1.24 bits per heavy atom. The van der Waals surface area contributed by atoms with Crippen molar-refractivity contribution in [1.82, 2.24) is 10.2 Å². The maximum absolute atomic E-state index is 13.9. The maximum atomic E-state index is 13.9. The highest BCUT2D eigenvalue weighted by atomic mass is 19.1. The Bertz CT molecular complexity index is 199. The summed E-state index contributed by atoms with van der Waals surface area (Å²) in [6.07, 6.45) is 0.178. The second-order valence-electron chi connectivity index (χ2n) is 5.85. The average Bonchev–Trinajstić information content (AvgIpc) is 2.22. The van der Waals surface area contributed by atoms with E-state index in [2.05, 4.69) is 44.8 Å². The predicted octanol–water partition coefficient (Wildman–Crippen LogP) is 3.22. The normalized spacial score (nSPS) is 26.6. The van der Waals surface area contributed by atoms with Crippen molar-refractivity contribution < 1.29 is 4.39 Å². The van der Waals surface area contributed by atoms with Crippen LogP contribution in [0.1, 0.15) is 54.9 Å². The molecule has 0 spiro atoms. The average molecular weight is 246 g/mol. The molecule has 1 saturated heterocycles. The van der Waals surface area contributed by atoms with Crippen molar-refractivity contribution in [3.63, 3.8) is 0 Å². The van der Waals surface area contributed by atoms with Crippen LogP contribution >= 0.6 is 0 Å². The maximum Gasteiger partial charge on any atom is 0.128 e. The molecule has 1 fully saturated rings. The van der Waals surface area contributed by atoms with Crippen LogP contribution in [0.2, 0.25) is 0 Å². The van der Waals surface area contributed by atoms with Gasteiger partial charge in [-0.15, -0.1) is 0 Å². The molecule has 17 heavy (non-hydrogen) atoms. The number of nitrogens with one attached hydrogen (secondary N) is 1. The summed E-state index contributed by atoms with van der Waals surface area (Å²) in [4.78, 5) is 2.23. The van der Waals surface area contributed by atoms with E-state index >= 15 is 0 Å². The lowest BCUT2D eigenvalue weighted by Gasteiger charge is -2.43. The lowest BCUT2D eigenvalue weighted by Crippen LogP contribution is -2.56. The number of nitrogens with zero attached hydrogens (tertiary/aromatic N) is 1. The highest BCUT2D eigenvalue weighted by Gasteiger charge is 2.33. The molecule has 1 N–H and O–H groups in total. The van der Waals surface area contributed by atoms with Gasteiger partial charge >= 0.3 is 0 Å². The van der Waals surface area contributed by atoms with E-state index < -0.39 is 6.17 Å². The minimum Gasteiger partial charge on any atom is -0.309 e. The van der Waals surface area contributed by atoms with Gasteiger partial charge in [0.1, 0.15) is 6.17 Å². The summed E-state index contributed by atoms with van der Waals surface area (Å²) in [6.45, 7) is 16.1. The van der Waals surface area contributed by atoms with E-state index in [0.29, 0.717) is 12.6 Å². The molecular formula is C14H31FN2. The molecule has 104 valence electrons. The number of rotatable bonds is 2. The first-order valence-electron chi connectivity index (χ1n) is 6.96. The fraction of sp³-hybridized carbons (Fsp3) is 1.00. The van der Waals surface area contributed by atoms with Gasteiger partial charge in [-0.2, -0.15) is 0 Å². The van der Waals surface area contributed by atoms with Crippen molar-refractivity contribution >= 4 is 0 Å². The lowest BCUT2D eigenvalue weighted by molar-refractivity contribution is 0.0399. The van der Waals surface area contributed by atoms with Gasteiger partial charge in [0.2, 0.25) is 0 Å². The van der Waals surface area contributed by atoms with Gasteiger partial charge in [-0.3, -0.25) is 4.90 Å². The smallest absolute Gasteiger partial charge is 0.128 e. The minimum atomic E-state index is -0.736. The van der Waals surface area contributed by atoms with Crippen LogP contribution < -0.4 is 5.32 Å². The summed E-state index contributed by atoms with van der Waals surface area (Å²) in [5, 5.41) is 3.30. The number of alkyl halides is 1. The van der Waals surface area contributed by atoms with Gasteiger partial charge in [0.05, 0.1) is 0 Å². The van der Waals surface area contributed by atoms with E-state index in [4.69, 9.17) is 0 Å². The Labute approximate surface area is 107 Å². The van der Waals surface area contributed by atoms with Crippen molar-refractivity contribution in [2.45, 2.75) is 78.7 Å². The van der Waals surface area contributed by atoms with E-state index in [0.717, 1.165) is 13.0 Å². The number of halogens is 1. The molecule has 3 heteroatoms. The molecule has 0 aromatic rings. The third-order valence-electron chi connectivity index (χ3n) is 3.04. The van der Waals surface area contributed by atoms with Gasteiger partial charge in [0.25, 0.3) is 0 Å². The van der Waals surface area contributed by atoms with Crippen LogP contribution in [0.25, 0.3) is 0 Å². The first kappa shape index (κ1) is 16.9.